The van der Waals surface area contributed by atoms with Crippen molar-refractivity contribution in [3.63, 3.8) is 0 Å². The van der Waals surface area contributed by atoms with Crippen molar-refractivity contribution in [2.24, 2.45) is 0 Å². The van der Waals surface area contributed by atoms with Crippen LogP contribution in [0.1, 0.15) is 6.92 Å². The fourth-order valence-electron chi connectivity index (χ4n) is 2.65. The van der Waals surface area contributed by atoms with Crippen LogP contribution in [0.25, 0.3) is 0 Å². The van der Waals surface area contributed by atoms with Crippen LogP contribution in [-0.4, -0.2) is 143 Å². The molecule has 0 amide bonds. The van der Waals surface area contributed by atoms with E-state index in [1.165, 1.54) is 0 Å². The molecule has 0 aromatic rings. The van der Waals surface area contributed by atoms with Crippen molar-refractivity contribution < 1.29 is 56.7 Å². The van der Waals surface area contributed by atoms with E-state index in [1.807, 2.05) is 6.92 Å². The van der Waals surface area contributed by atoms with Gasteiger partial charge < -0.3 is 20.4 Å². The molecule has 1 radical (unpaired) electrons. The number of nitrogens with zero attached hydrogens (tertiary/aromatic N) is 4. The predicted octanol–water partition coefficient (Wildman–Crippen LogP) is -1.82. The first-order valence-corrected chi connectivity index (χ1v) is 9.26. The number of hydrogen-bond donors (Lipinski definition) is 4. The molecular weight excluding hydrogens is 452 g/mol. The maximum absolute atomic E-state index is 11.1. The number of carboxylic acids is 4. The van der Waals surface area contributed by atoms with Gasteiger partial charge in [0, 0.05) is 56.3 Å². The zero-order valence-electron chi connectivity index (χ0n) is 17.3. The smallest absolute Gasteiger partial charge is 0.317 e. The standard InChI is InChI=1S/C17H32N4O8.Cu/c1-3-19(11-15(24)25)6-7-21(13-17(28)29)9-8-20(12-16(26)27)5-4-18(2)10-14(22)23;/h3-13H2,1-2H3,(H,22,23)(H,24,25)(H,26,27)(H,28,29);. The van der Waals surface area contributed by atoms with E-state index in [4.69, 9.17) is 20.4 Å². The molecule has 0 fully saturated rings. The molecule has 0 aliphatic rings. The van der Waals surface area contributed by atoms with E-state index in [2.05, 4.69) is 0 Å². The summed E-state index contributed by atoms with van der Waals surface area (Å²) in [4.78, 5) is 50.3. The van der Waals surface area contributed by atoms with Crippen LogP contribution in [0.5, 0.6) is 0 Å². The fraction of sp³-hybridized carbons (Fsp3) is 0.765. The minimum Gasteiger partial charge on any atom is -0.480 e. The largest absolute Gasteiger partial charge is 0.480 e. The van der Waals surface area contributed by atoms with Gasteiger partial charge in [-0.25, -0.2) is 0 Å². The van der Waals surface area contributed by atoms with E-state index in [-0.39, 0.29) is 56.3 Å². The molecule has 0 aliphatic heterocycles. The molecule has 12 nitrogen and oxygen atoms in total. The summed E-state index contributed by atoms with van der Waals surface area (Å²) in [5.74, 6) is -4.01. The Kier molecular flexibility index (Phi) is 17.2. The first kappa shape index (κ1) is 30.4. The van der Waals surface area contributed by atoms with E-state index < -0.39 is 23.9 Å². The van der Waals surface area contributed by atoms with Gasteiger partial charge in [0.25, 0.3) is 0 Å². The Morgan fingerprint density at radius 2 is 0.867 bits per heavy atom. The molecule has 0 bridgehead atoms. The third-order valence-electron chi connectivity index (χ3n) is 4.19. The molecule has 0 unspecified atom stereocenters. The quantitative estimate of drug-likeness (QED) is 0.162. The zero-order valence-corrected chi connectivity index (χ0v) is 18.2. The molecule has 0 spiro atoms. The first-order chi connectivity index (χ1) is 13.5. The van der Waals surface area contributed by atoms with Crippen LogP contribution in [-0.2, 0) is 36.2 Å². The van der Waals surface area contributed by atoms with E-state index in [1.54, 1.807) is 26.6 Å². The summed E-state index contributed by atoms with van der Waals surface area (Å²) in [5, 5.41) is 35.9. The van der Waals surface area contributed by atoms with E-state index >= 15 is 0 Å². The van der Waals surface area contributed by atoms with Crippen molar-refractivity contribution in [2.45, 2.75) is 6.92 Å². The minimum absolute atomic E-state index is 0. The van der Waals surface area contributed by atoms with Crippen LogP contribution in [0, 0.1) is 0 Å². The molecule has 0 heterocycles. The normalized spacial score (nSPS) is 11.1. The van der Waals surface area contributed by atoms with Crippen LogP contribution in [0.2, 0.25) is 0 Å². The van der Waals surface area contributed by atoms with E-state index in [9.17, 15) is 19.2 Å². The maximum atomic E-state index is 11.1. The van der Waals surface area contributed by atoms with Gasteiger partial charge in [-0.1, -0.05) is 6.92 Å². The zero-order chi connectivity index (χ0) is 22.4. The molecule has 0 aromatic carbocycles. The topological polar surface area (TPSA) is 162 Å². The summed E-state index contributed by atoms with van der Waals surface area (Å²) in [7, 11) is 1.62. The number of aliphatic carboxylic acids is 4. The molecule has 4 N–H and O–H groups in total. The second kappa shape index (κ2) is 17.0. The second-order valence-electron chi connectivity index (χ2n) is 6.73. The van der Waals surface area contributed by atoms with Gasteiger partial charge in [-0.05, 0) is 13.6 Å². The Bertz CT molecular complexity index is 552. The number of hydrogen-bond acceptors (Lipinski definition) is 8. The first-order valence-electron chi connectivity index (χ1n) is 9.26. The predicted molar refractivity (Wildman–Crippen MR) is 103 cm³/mol. The third-order valence-corrected chi connectivity index (χ3v) is 4.19. The Morgan fingerprint density at radius 3 is 1.20 bits per heavy atom. The summed E-state index contributed by atoms with van der Waals surface area (Å²) in [6, 6.07) is 0. The summed E-state index contributed by atoms with van der Waals surface area (Å²) < 4.78 is 0. The van der Waals surface area contributed by atoms with Crippen LogP contribution >= 0.6 is 0 Å². The molecular formula is C17H32CuN4O8. The Hall–Kier alpha value is -1.76. The SMILES string of the molecule is CCN(CCN(CCN(CCN(C)CC(=O)O)CC(=O)O)CC(=O)O)CC(=O)O.[Cu]. The van der Waals surface area contributed by atoms with Gasteiger partial charge in [0.05, 0.1) is 26.2 Å². The molecule has 0 rings (SSSR count). The average molecular weight is 484 g/mol. The monoisotopic (exact) mass is 483 g/mol. The van der Waals surface area contributed by atoms with Crippen LogP contribution in [0.4, 0.5) is 0 Å². The van der Waals surface area contributed by atoms with Gasteiger partial charge in [-0.15, -0.1) is 0 Å². The van der Waals surface area contributed by atoms with Crippen LogP contribution in [0.15, 0.2) is 0 Å². The van der Waals surface area contributed by atoms with E-state index in [0.29, 0.717) is 32.7 Å². The molecule has 13 heteroatoms. The second-order valence-corrected chi connectivity index (χ2v) is 6.73. The minimum atomic E-state index is -1.03. The van der Waals surface area contributed by atoms with Crippen molar-refractivity contribution in [3.05, 3.63) is 0 Å². The van der Waals surface area contributed by atoms with Gasteiger partial charge in [-0.3, -0.25) is 38.8 Å². The molecule has 30 heavy (non-hydrogen) atoms. The van der Waals surface area contributed by atoms with Gasteiger partial charge in [0.1, 0.15) is 0 Å². The van der Waals surface area contributed by atoms with Gasteiger partial charge >= 0.3 is 23.9 Å². The number of likely N-dealkylation sites (N-methyl/N-ethyl adjacent to an activating group) is 2. The molecule has 0 aromatic heterocycles. The molecule has 0 atom stereocenters. The van der Waals surface area contributed by atoms with Crippen LogP contribution in [0.3, 0.4) is 0 Å². The summed E-state index contributed by atoms with van der Waals surface area (Å²) in [6.45, 7) is 3.45. The van der Waals surface area contributed by atoms with Gasteiger partial charge in [-0.2, -0.15) is 0 Å². The Morgan fingerprint density at radius 1 is 0.567 bits per heavy atom. The fourth-order valence-corrected chi connectivity index (χ4v) is 2.65. The molecule has 0 aliphatic carbocycles. The van der Waals surface area contributed by atoms with E-state index in [0.717, 1.165) is 0 Å². The Balaban J connectivity index is 0. The number of rotatable bonds is 18. The van der Waals surface area contributed by atoms with Crippen molar-refractivity contribution >= 4 is 23.9 Å². The van der Waals surface area contributed by atoms with Crippen LogP contribution < -0.4 is 0 Å². The Labute approximate surface area is 186 Å². The number of carboxylic acid groups (broad SMARTS) is 4. The van der Waals surface area contributed by atoms with Gasteiger partial charge in [0.15, 0.2) is 0 Å². The third kappa shape index (κ3) is 17.1. The molecule has 0 saturated carbocycles. The summed E-state index contributed by atoms with van der Waals surface area (Å²) in [5.41, 5.74) is 0. The van der Waals surface area contributed by atoms with Crippen molar-refractivity contribution in [2.75, 3.05) is 79.0 Å². The van der Waals surface area contributed by atoms with Crippen molar-refractivity contribution in [1.29, 1.82) is 0 Å². The van der Waals surface area contributed by atoms with Gasteiger partial charge in [0.2, 0.25) is 0 Å². The maximum Gasteiger partial charge on any atom is 0.317 e. The van der Waals surface area contributed by atoms with Crippen molar-refractivity contribution in [1.82, 2.24) is 19.6 Å². The molecule has 179 valence electrons. The van der Waals surface area contributed by atoms with Crippen molar-refractivity contribution in [3.8, 4) is 0 Å². The number of carbonyl (C=O) groups is 4. The molecule has 0 saturated heterocycles. The summed E-state index contributed by atoms with van der Waals surface area (Å²) >= 11 is 0. The summed E-state index contributed by atoms with van der Waals surface area (Å²) in [6.07, 6.45) is 0. The average Bonchev–Trinajstić information content (AvgIpc) is 2.58.